The number of hydrogen-bond donors (Lipinski definition) is 1. The summed E-state index contributed by atoms with van der Waals surface area (Å²) in [6.07, 6.45) is 4.99. The van der Waals surface area contributed by atoms with Crippen molar-refractivity contribution in [3.05, 3.63) is 70.9 Å². The molecule has 1 unspecified atom stereocenters. The summed E-state index contributed by atoms with van der Waals surface area (Å²) >= 11 is 1.49. The summed E-state index contributed by atoms with van der Waals surface area (Å²) < 4.78 is 3.33. The van der Waals surface area contributed by atoms with Gasteiger partial charge in [0.15, 0.2) is 10.8 Å². The summed E-state index contributed by atoms with van der Waals surface area (Å²) in [7, 11) is 0. The van der Waals surface area contributed by atoms with E-state index in [9.17, 15) is 9.59 Å². The van der Waals surface area contributed by atoms with Crippen LogP contribution in [0.4, 0.5) is 5.69 Å². The van der Waals surface area contributed by atoms with Crippen LogP contribution in [-0.4, -0.2) is 36.0 Å². The van der Waals surface area contributed by atoms with E-state index in [0.29, 0.717) is 27.6 Å². The molecule has 1 aromatic carbocycles. The van der Waals surface area contributed by atoms with Crippen molar-refractivity contribution in [1.29, 1.82) is 0 Å². The van der Waals surface area contributed by atoms with Gasteiger partial charge < -0.3 is 5.32 Å². The Kier molecular flexibility index (Phi) is 4.59. The lowest BCUT2D eigenvalue weighted by atomic mass is 10.2. The van der Waals surface area contributed by atoms with Gasteiger partial charge in [-0.05, 0) is 30.7 Å². The maximum Gasteiger partial charge on any atom is 0.265 e. The molecular weight excluding hydrogens is 400 g/mol. The third kappa shape index (κ3) is 3.17. The number of thioether (sulfide) groups is 1. The Balaban J connectivity index is 1.48. The zero-order valence-electron chi connectivity index (χ0n) is 16.1. The molecule has 1 aliphatic heterocycles. The Morgan fingerprint density at radius 2 is 2.03 bits per heavy atom. The number of benzene rings is 1. The van der Waals surface area contributed by atoms with E-state index in [1.54, 1.807) is 40.0 Å². The molecule has 1 amide bonds. The predicted octanol–water partition coefficient (Wildman–Crippen LogP) is 2.96. The largest absolute Gasteiger partial charge is 0.326 e. The van der Waals surface area contributed by atoms with E-state index in [-0.39, 0.29) is 23.9 Å². The van der Waals surface area contributed by atoms with Crippen molar-refractivity contribution in [2.24, 2.45) is 0 Å². The van der Waals surface area contributed by atoms with Crippen molar-refractivity contribution >= 4 is 34.4 Å². The zero-order valence-corrected chi connectivity index (χ0v) is 17.0. The van der Waals surface area contributed by atoms with Gasteiger partial charge in [0.2, 0.25) is 5.91 Å². The van der Waals surface area contributed by atoms with Crippen LogP contribution >= 0.6 is 11.8 Å². The van der Waals surface area contributed by atoms with Crippen LogP contribution in [0.25, 0.3) is 16.7 Å². The number of para-hydroxylation sites is 1. The fourth-order valence-corrected chi connectivity index (χ4v) is 4.75. The van der Waals surface area contributed by atoms with Crippen LogP contribution in [-0.2, 0) is 4.79 Å². The third-order valence-corrected chi connectivity index (χ3v) is 6.20. The standard InChI is InChI=1S/C21H18N6O2S/c1-13-4-2-3-5-17(13)27-19-16(11-23-27)20(29)26-15(12-30-21(26)25-19)10-18(28)24-14-6-8-22-9-7-14/h2-9,11,15H,10,12H2,1H3,(H,22,24,28). The molecule has 30 heavy (non-hydrogen) atoms. The highest BCUT2D eigenvalue weighted by Crippen LogP contribution is 2.33. The maximum absolute atomic E-state index is 13.2. The molecule has 150 valence electrons. The van der Waals surface area contributed by atoms with E-state index < -0.39 is 0 Å². The molecule has 0 saturated heterocycles. The summed E-state index contributed by atoms with van der Waals surface area (Å²) in [5.74, 6) is 0.471. The van der Waals surface area contributed by atoms with Gasteiger partial charge in [0, 0.05) is 30.3 Å². The first kappa shape index (κ1) is 18.6. The average molecular weight is 418 g/mol. The van der Waals surface area contributed by atoms with Crippen molar-refractivity contribution < 1.29 is 4.79 Å². The van der Waals surface area contributed by atoms with Crippen molar-refractivity contribution in [3.8, 4) is 5.69 Å². The molecule has 0 saturated carbocycles. The normalized spacial score (nSPS) is 15.3. The zero-order chi connectivity index (χ0) is 20.7. The minimum absolute atomic E-state index is 0.151. The summed E-state index contributed by atoms with van der Waals surface area (Å²) in [6, 6.07) is 11.0. The predicted molar refractivity (Wildman–Crippen MR) is 115 cm³/mol. The number of fused-ring (bicyclic) bond motifs is 2. The fraction of sp³-hybridized carbons (Fsp3) is 0.190. The van der Waals surface area contributed by atoms with E-state index in [2.05, 4.69) is 15.4 Å². The van der Waals surface area contributed by atoms with Gasteiger partial charge in [-0.3, -0.25) is 19.1 Å². The number of pyridine rings is 1. The Morgan fingerprint density at radius 3 is 2.83 bits per heavy atom. The minimum atomic E-state index is -0.252. The molecule has 0 bridgehead atoms. The fourth-order valence-electron chi connectivity index (χ4n) is 3.62. The van der Waals surface area contributed by atoms with E-state index in [4.69, 9.17) is 4.98 Å². The molecule has 3 aromatic heterocycles. The Morgan fingerprint density at radius 1 is 1.23 bits per heavy atom. The number of nitrogens with zero attached hydrogens (tertiary/aromatic N) is 5. The lowest BCUT2D eigenvalue weighted by Crippen LogP contribution is -2.27. The van der Waals surface area contributed by atoms with Crippen LogP contribution in [0.3, 0.4) is 0 Å². The molecule has 1 N–H and O–H groups in total. The van der Waals surface area contributed by atoms with Crippen LogP contribution in [0, 0.1) is 6.92 Å². The van der Waals surface area contributed by atoms with Crippen LogP contribution in [0.5, 0.6) is 0 Å². The van der Waals surface area contributed by atoms with Crippen molar-refractivity contribution in [2.45, 2.75) is 24.5 Å². The molecular formula is C21H18N6O2S. The van der Waals surface area contributed by atoms with E-state index in [1.807, 2.05) is 31.2 Å². The molecule has 1 aliphatic rings. The lowest BCUT2D eigenvalue weighted by Gasteiger charge is -2.13. The van der Waals surface area contributed by atoms with E-state index >= 15 is 0 Å². The Bertz CT molecular complexity index is 1310. The highest BCUT2D eigenvalue weighted by atomic mass is 32.2. The second-order valence-electron chi connectivity index (χ2n) is 7.10. The first-order valence-electron chi connectivity index (χ1n) is 9.51. The summed E-state index contributed by atoms with van der Waals surface area (Å²) in [5, 5.41) is 8.33. The van der Waals surface area contributed by atoms with Crippen LogP contribution < -0.4 is 10.9 Å². The molecule has 0 fully saturated rings. The molecule has 0 aliphatic carbocycles. The summed E-state index contributed by atoms with van der Waals surface area (Å²) in [4.78, 5) is 34.4. The van der Waals surface area contributed by atoms with Crippen molar-refractivity contribution in [2.75, 3.05) is 11.1 Å². The van der Waals surface area contributed by atoms with Crippen molar-refractivity contribution in [1.82, 2.24) is 24.3 Å². The number of amides is 1. The van der Waals surface area contributed by atoms with Gasteiger partial charge >= 0.3 is 0 Å². The van der Waals surface area contributed by atoms with Gasteiger partial charge in [-0.25, -0.2) is 9.67 Å². The van der Waals surface area contributed by atoms with Gasteiger partial charge in [0.25, 0.3) is 5.56 Å². The molecule has 5 rings (SSSR count). The number of rotatable bonds is 4. The van der Waals surface area contributed by atoms with Crippen molar-refractivity contribution in [3.63, 3.8) is 0 Å². The SMILES string of the molecule is Cc1ccccc1-n1ncc2c(=O)n3c(nc21)SCC3CC(=O)Nc1ccncc1. The third-order valence-electron chi connectivity index (χ3n) is 5.10. The van der Waals surface area contributed by atoms with Crippen LogP contribution in [0.2, 0.25) is 0 Å². The smallest absolute Gasteiger partial charge is 0.265 e. The number of aryl methyl sites for hydroxylation is 1. The monoisotopic (exact) mass is 418 g/mol. The molecule has 4 heterocycles. The second kappa shape index (κ2) is 7.42. The summed E-state index contributed by atoms with van der Waals surface area (Å²) in [6.45, 7) is 2.00. The van der Waals surface area contributed by atoms with Gasteiger partial charge in [-0.15, -0.1) is 0 Å². The van der Waals surface area contributed by atoms with Crippen LogP contribution in [0.1, 0.15) is 18.0 Å². The number of anilines is 1. The van der Waals surface area contributed by atoms with Gasteiger partial charge in [-0.1, -0.05) is 30.0 Å². The Labute approximate surface area is 176 Å². The molecule has 0 radical (unpaired) electrons. The highest BCUT2D eigenvalue weighted by Gasteiger charge is 2.29. The van der Waals surface area contributed by atoms with Crippen LogP contribution in [0.15, 0.2) is 64.9 Å². The van der Waals surface area contributed by atoms with Gasteiger partial charge in [0.1, 0.15) is 5.39 Å². The average Bonchev–Trinajstić information content (AvgIpc) is 3.34. The number of nitrogens with one attached hydrogen (secondary N) is 1. The number of carbonyl (C=O) groups excluding carboxylic acids is 1. The molecule has 8 nitrogen and oxygen atoms in total. The molecule has 9 heteroatoms. The van der Waals surface area contributed by atoms with E-state index in [1.165, 1.54) is 11.8 Å². The number of carbonyl (C=O) groups is 1. The van der Waals surface area contributed by atoms with E-state index in [0.717, 1.165) is 11.3 Å². The Hall–Kier alpha value is -3.46. The molecule has 1 atom stereocenters. The number of aromatic nitrogens is 5. The topological polar surface area (TPSA) is 94.7 Å². The maximum atomic E-state index is 13.2. The first-order valence-corrected chi connectivity index (χ1v) is 10.5. The second-order valence-corrected chi connectivity index (χ2v) is 8.09. The quantitative estimate of drug-likeness (QED) is 0.512. The lowest BCUT2D eigenvalue weighted by molar-refractivity contribution is -0.116. The summed E-state index contributed by atoms with van der Waals surface area (Å²) in [5.41, 5.74) is 2.99. The molecule has 4 aromatic rings. The first-order chi connectivity index (χ1) is 14.6. The van der Waals surface area contributed by atoms with Gasteiger partial charge in [-0.2, -0.15) is 5.10 Å². The molecule has 0 spiro atoms. The number of hydrogen-bond acceptors (Lipinski definition) is 6. The minimum Gasteiger partial charge on any atom is -0.326 e. The highest BCUT2D eigenvalue weighted by molar-refractivity contribution is 7.99. The van der Waals surface area contributed by atoms with Gasteiger partial charge in [0.05, 0.1) is 17.9 Å².